The number of anilines is 3. The van der Waals surface area contributed by atoms with Crippen molar-refractivity contribution in [3.8, 4) is 0 Å². The maximum absolute atomic E-state index is 6.14. The van der Waals surface area contributed by atoms with Gasteiger partial charge in [-0.25, -0.2) is 0 Å². The predicted molar refractivity (Wildman–Crippen MR) is 84.3 cm³/mol. The van der Waals surface area contributed by atoms with Crippen LogP contribution in [0.3, 0.4) is 0 Å². The molecule has 0 aliphatic rings. The summed E-state index contributed by atoms with van der Waals surface area (Å²) < 4.78 is 0. The van der Waals surface area contributed by atoms with Crippen LogP contribution in [0.15, 0.2) is 42.5 Å². The van der Waals surface area contributed by atoms with Gasteiger partial charge in [-0.2, -0.15) is 0 Å². The maximum atomic E-state index is 6.14. The van der Waals surface area contributed by atoms with Crippen LogP contribution in [0.1, 0.15) is 26.3 Å². The van der Waals surface area contributed by atoms with Gasteiger partial charge in [-0.05, 0) is 41.3 Å². The van der Waals surface area contributed by atoms with E-state index >= 15 is 0 Å². The Bertz CT molecular complexity index is 568. The van der Waals surface area contributed by atoms with Crippen LogP contribution in [0.2, 0.25) is 5.02 Å². The van der Waals surface area contributed by atoms with Crippen molar-refractivity contribution in [2.45, 2.75) is 26.2 Å². The minimum Gasteiger partial charge on any atom is -0.399 e. The first-order valence-electron chi connectivity index (χ1n) is 6.29. The van der Waals surface area contributed by atoms with E-state index < -0.39 is 0 Å². The van der Waals surface area contributed by atoms with Crippen LogP contribution >= 0.6 is 11.6 Å². The fraction of sp³-hybridized carbons (Fsp3) is 0.250. The number of hydrogen-bond donors (Lipinski definition) is 2. The van der Waals surface area contributed by atoms with Crippen molar-refractivity contribution in [2.24, 2.45) is 0 Å². The lowest BCUT2D eigenvalue weighted by Gasteiger charge is -2.19. The van der Waals surface area contributed by atoms with E-state index in [4.69, 9.17) is 17.3 Å². The highest BCUT2D eigenvalue weighted by atomic mass is 35.5. The van der Waals surface area contributed by atoms with E-state index in [0.717, 1.165) is 11.4 Å². The maximum Gasteiger partial charge on any atom is 0.0661 e. The van der Waals surface area contributed by atoms with E-state index in [1.807, 2.05) is 12.1 Å². The molecule has 2 nitrogen and oxygen atoms in total. The first kappa shape index (κ1) is 13.8. The van der Waals surface area contributed by atoms with Crippen molar-refractivity contribution in [3.05, 3.63) is 53.1 Å². The number of benzene rings is 2. The van der Waals surface area contributed by atoms with Crippen molar-refractivity contribution < 1.29 is 0 Å². The third-order valence-electron chi connectivity index (χ3n) is 3.02. The first-order chi connectivity index (χ1) is 8.86. The highest BCUT2D eigenvalue weighted by Gasteiger charge is 2.12. The lowest BCUT2D eigenvalue weighted by atomic mass is 9.87. The molecule has 3 heteroatoms. The number of nitrogens with two attached hydrogens (primary N) is 1. The number of hydrogen-bond acceptors (Lipinski definition) is 2. The van der Waals surface area contributed by atoms with Crippen LogP contribution in [0.5, 0.6) is 0 Å². The first-order valence-corrected chi connectivity index (χ1v) is 6.67. The van der Waals surface area contributed by atoms with Gasteiger partial charge in [-0.1, -0.05) is 44.5 Å². The van der Waals surface area contributed by atoms with Gasteiger partial charge in [0.05, 0.1) is 10.7 Å². The Kier molecular flexibility index (Phi) is 3.72. The monoisotopic (exact) mass is 274 g/mol. The molecule has 0 spiro atoms. The van der Waals surface area contributed by atoms with Crippen LogP contribution < -0.4 is 11.1 Å². The van der Waals surface area contributed by atoms with E-state index in [9.17, 15) is 0 Å². The minimum absolute atomic E-state index is 0.164. The molecule has 0 fully saturated rings. The summed E-state index contributed by atoms with van der Waals surface area (Å²) in [5.41, 5.74) is 9.69. The molecule has 0 heterocycles. The second-order valence-corrected chi connectivity index (χ2v) is 6.10. The molecular weight excluding hydrogens is 256 g/mol. The minimum atomic E-state index is 0.164. The van der Waals surface area contributed by atoms with E-state index in [1.54, 1.807) is 6.07 Å². The second kappa shape index (κ2) is 5.14. The summed E-state index contributed by atoms with van der Waals surface area (Å²) in [6, 6.07) is 13.8. The Morgan fingerprint density at radius 2 is 1.63 bits per heavy atom. The van der Waals surface area contributed by atoms with E-state index in [0.29, 0.717) is 10.7 Å². The zero-order chi connectivity index (χ0) is 14.0. The smallest absolute Gasteiger partial charge is 0.0661 e. The summed E-state index contributed by atoms with van der Waals surface area (Å²) in [5, 5.41) is 3.92. The molecule has 0 atom stereocenters. The summed E-state index contributed by atoms with van der Waals surface area (Å²) in [6.07, 6.45) is 0. The summed E-state index contributed by atoms with van der Waals surface area (Å²) in [7, 11) is 0. The van der Waals surface area contributed by atoms with Gasteiger partial charge in [0, 0.05) is 11.4 Å². The van der Waals surface area contributed by atoms with E-state index in [-0.39, 0.29) is 5.41 Å². The second-order valence-electron chi connectivity index (χ2n) is 5.69. The summed E-state index contributed by atoms with van der Waals surface area (Å²) in [6.45, 7) is 6.60. The van der Waals surface area contributed by atoms with Crippen molar-refractivity contribution in [1.29, 1.82) is 0 Å². The van der Waals surface area contributed by atoms with E-state index in [1.165, 1.54) is 5.56 Å². The Hall–Kier alpha value is -1.67. The highest BCUT2D eigenvalue weighted by Crippen LogP contribution is 2.29. The molecule has 2 rings (SSSR count). The predicted octanol–water partition coefficient (Wildman–Crippen LogP) is 4.96. The third kappa shape index (κ3) is 3.42. The van der Waals surface area contributed by atoms with Crippen LogP contribution in [-0.4, -0.2) is 0 Å². The molecule has 0 aromatic heterocycles. The molecule has 0 aliphatic heterocycles. The van der Waals surface area contributed by atoms with Gasteiger partial charge in [0.2, 0.25) is 0 Å². The van der Waals surface area contributed by atoms with Gasteiger partial charge in [-0.15, -0.1) is 0 Å². The number of nitrogens with one attached hydrogen (secondary N) is 1. The molecule has 0 saturated carbocycles. The Labute approximate surface area is 119 Å². The van der Waals surface area contributed by atoms with E-state index in [2.05, 4.69) is 50.4 Å². The quantitative estimate of drug-likeness (QED) is 0.759. The van der Waals surface area contributed by atoms with Gasteiger partial charge in [0.25, 0.3) is 0 Å². The SMILES string of the molecule is CC(C)(C)c1ccc(Nc2ccc(N)cc2Cl)cc1. The molecule has 2 aromatic rings. The van der Waals surface area contributed by atoms with Crippen molar-refractivity contribution in [2.75, 3.05) is 11.1 Å². The lowest BCUT2D eigenvalue weighted by Crippen LogP contribution is -2.10. The molecule has 0 saturated heterocycles. The zero-order valence-electron chi connectivity index (χ0n) is 11.5. The van der Waals surface area contributed by atoms with Gasteiger partial charge in [-0.3, -0.25) is 0 Å². The zero-order valence-corrected chi connectivity index (χ0v) is 12.3. The number of rotatable bonds is 2. The van der Waals surface area contributed by atoms with Crippen LogP contribution in [0.4, 0.5) is 17.1 Å². The Balaban J connectivity index is 2.20. The Morgan fingerprint density at radius 1 is 1.00 bits per heavy atom. The average molecular weight is 275 g/mol. The molecule has 3 N–H and O–H groups in total. The summed E-state index contributed by atoms with van der Waals surface area (Å²) >= 11 is 6.14. The average Bonchev–Trinajstić information content (AvgIpc) is 2.32. The van der Waals surface area contributed by atoms with Gasteiger partial charge in [0.15, 0.2) is 0 Å². The third-order valence-corrected chi connectivity index (χ3v) is 3.34. The molecule has 0 amide bonds. The number of nitrogen functional groups attached to an aromatic ring is 1. The summed E-state index contributed by atoms with van der Waals surface area (Å²) in [4.78, 5) is 0. The van der Waals surface area contributed by atoms with Crippen LogP contribution in [0, 0.1) is 0 Å². The molecule has 0 unspecified atom stereocenters. The van der Waals surface area contributed by atoms with Gasteiger partial charge in [0.1, 0.15) is 0 Å². The van der Waals surface area contributed by atoms with Crippen LogP contribution in [0.25, 0.3) is 0 Å². The van der Waals surface area contributed by atoms with Crippen molar-refractivity contribution >= 4 is 28.7 Å². The van der Waals surface area contributed by atoms with Crippen molar-refractivity contribution in [3.63, 3.8) is 0 Å². The fourth-order valence-electron chi connectivity index (χ4n) is 1.84. The molecular formula is C16H19ClN2. The highest BCUT2D eigenvalue weighted by molar-refractivity contribution is 6.33. The van der Waals surface area contributed by atoms with Gasteiger partial charge < -0.3 is 11.1 Å². The molecule has 0 aliphatic carbocycles. The standard InChI is InChI=1S/C16H19ClN2/c1-16(2,3)11-4-7-13(8-5-11)19-15-9-6-12(18)10-14(15)17/h4-10,19H,18H2,1-3H3. The normalized spacial score (nSPS) is 11.4. The largest absolute Gasteiger partial charge is 0.399 e. The summed E-state index contributed by atoms with van der Waals surface area (Å²) in [5.74, 6) is 0. The molecule has 0 bridgehead atoms. The molecule has 100 valence electrons. The lowest BCUT2D eigenvalue weighted by molar-refractivity contribution is 0.590. The van der Waals surface area contributed by atoms with Crippen LogP contribution in [-0.2, 0) is 5.41 Å². The molecule has 19 heavy (non-hydrogen) atoms. The molecule has 2 aromatic carbocycles. The fourth-order valence-corrected chi connectivity index (χ4v) is 2.08. The Morgan fingerprint density at radius 3 is 2.16 bits per heavy atom. The molecule has 0 radical (unpaired) electrons. The topological polar surface area (TPSA) is 38.0 Å². The van der Waals surface area contributed by atoms with Crippen molar-refractivity contribution in [1.82, 2.24) is 0 Å². The van der Waals surface area contributed by atoms with Gasteiger partial charge >= 0.3 is 0 Å². The number of halogens is 1.